The summed E-state index contributed by atoms with van der Waals surface area (Å²) in [6.45, 7) is 1.89. The van der Waals surface area contributed by atoms with Crippen molar-refractivity contribution in [3.63, 3.8) is 0 Å². The fourth-order valence-corrected chi connectivity index (χ4v) is 1.67. The van der Waals surface area contributed by atoms with Crippen LogP contribution in [0.5, 0.6) is 0 Å². The zero-order valence-electron chi connectivity index (χ0n) is 11.6. The lowest BCUT2D eigenvalue weighted by atomic mass is 10.2. The van der Waals surface area contributed by atoms with E-state index in [2.05, 4.69) is 10.3 Å². The zero-order chi connectivity index (χ0) is 16.1. The van der Waals surface area contributed by atoms with Crippen LogP contribution in [0.25, 0.3) is 0 Å². The van der Waals surface area contributed by atoms with Crippen molar-refractivity contribution in [2.24, 2.45) is 0 Å². The normalized spacial score (nSPS) is 10.1. The molecule has 0 radical (unpaired) electrons. The van der Waals surface area contributed by atoms with E-state index in [1.165, 1.54) is 18.3 Å². The van der Waals surface area contributed by atoms with Crippen LogP contribution in [0.15, 0.2) is 36.5 Å². The second kappa shape index (κ2) is 6.75. The van der Waals surface area contributed by atoms with Crippen LogP contribution in [-0.2, 0) is 4.74 Å². The van der Waals surface area contributed by atoms with E-state index < -0.39 is 23.5 Å². The molecule has 0 unspecified atom stereocenters. The fraction of sp³-hybridized carbons (Fsp3) is 0.133. The molecule has 0 aliphatic carbocycles. The van der Waals surface area contributed by atoms with Crippen LogP contribution in [0.2, 0.25) is 0 Å². The maximum absolute atomic E-state index is 13.1. The third-order valence-electron chi connectivity index (χ3n) is 2.69. The molecule has 0 saturated carbocycles. The van der Waals surface area contributed by atoms with Gasteiger partial charge in [-0.1, -0.05) is 0 Å². The van der Waals surface area contributed by atoms with Crippen LogP contribution in [0.3, 0.4) is 0 Å². The Morgan fingerprint density at radius 2 is 1.91 bits per heavy atom. The van der Waals surface area contributed by atoms with E-state index in [1.54, 1.807) is 6.92 Å². The van der Waals surface area contributed by atoms with Gasteiger partial charge in [0, 0.05) is 11.8 Å². The van der Waals surface area contributed by atoms with Crippen LogP contribution in [0.4, 0.5) is 14.6 Å². The predicted octanol–water partition coefficient (Wildman–Crippen LogP) is 2.79. The molecule has 1 amide bonds. The summed E-state index contributed by atoms with van der Waals surface area (Å²) in [6.07, 6.45) is 1.33. The van der Waals surface area contributed by atoms with Gasteiger partial charge in [-0.15, -0.1) is 0 Å². The molecule has 1 aromatic carbocycles. The van der Waals surface area contributed by atoms with Crippen LogP contribution in [-0.4, -0.2) is 23.5 Å². The summed E-state index contributed by atoms with van der Waals surface area (Å²) in [5.74, 6) is -3.29. The van der Waals surface area contributed by atoms with E-state index in [-0.39, 0.29) is 23.6 Å². The Balaban J connectivity index is 2.16. The molecular formula is C15H12F2N2O3. The van der Waals surface area contributed by atoms with Crippen molar-refractivity contribution in [1.29, 1.82) is 0 Å². The molecule has 2 aromatic rings. The largest absolute Gasteiger partial charge is 0.462 e. The van der Waals surface area contributed by atoms with Crippen molar-refractivity contribution < 1.29 is 23.1 Å². The van der Waals surface area contributed by atoms with Crippen LogP contribution in [0, 0.1) is 11.6 Å². The molecule has 22 heavy (non-hydrogen) atoms. The molecule has 0 saturated heterocycles. The van der Waals surface area contributed by atoms with Gasteiger partial charge in [-0.25, -0.2) is 18.6 Å². The van der Waals surface area contributed by atoms with Gasteiger partial charge < -0.3 is 10.1 Å². The van der Waals surface area contributed by atoms with Gasteiger partial charge in [-0.2, -0.15) is 0 Å². The molecule has 0 spiro atoms. The molecule has 114 valence electrons. The quantitative estimate of drug-likeness (QED) is 0.882. The minimum absolute atomic E-state index is 0.0674. The smallest absolute Gasteiger partial charge is 0.338 e. The maximum atomic E-state index is 13.1. The van der Waals surface area contributed by atoms with E-state index in [4.69, 9.17) is 4.74 Å². The van der Waals surface area contributed by atoms with Crippen molar-refractivity contribution >= 4 is 17.7 Å². The Morgan fingerprint density at radius 3 is 2.59 bits per heavy atom. The maximum Gasteiger partial charge on any atom is 0.338 e. The number of halogens is 2. The van der Waals surface area contributed by atoms with Crippen LogP contribution in [0.1, 0.15) is 27.6 Å². The topological polar surface area (TPSA) is 68.3 Å². The van der Waals surface area contributed by atoms with E-state index in [0.717, 1.165) is 18.2 Å². The number of hydrogen-bond donors (Lipinski definition) is 1. The molecular weight excluding hydrogens is 294 g/mol. The van der Waals surface area contributed by atoms with Gasteiger partial charge in [0.2, 0.25) is 0 Å². The number of nitrogens with zero attached hydrogens (tertiary/aromatic N) is 1. The van der Waals surface area contributed by atoms with Crippen molar-refractivity contribution in [3.8, 4) is 0 Å². The number of hydrogen-bond acceptors (Lipinski definition) is 4. The van der Waals surface area contributed by atoms with Crippen LogP contribution >= 0.6 is 0 Å². The number of benzene rings is 1. The Kier molecular flexibility index (Phi) is 4.77. The number of pyridine rings is 1. The summed E-state index contributed by atoms with van der Waals surface area (Å²) in [5.41, 5.74) is 0.152. The van der Waals surface area contributed by atoms with Gasteiger partial charge in [0.25, 0.3) is 5.91 Å². The van der Waals surface area contributed by atoms with Crippen molar-refractivity contribution in [1.82, 2.24) is 4.98 Å². The molecule has 0 bridgehead atoms. The van der Waals surface area contributed by atoms with E-state index in [1.807, 2.05) is 0 Å². The fourth-order valence-electron chi connectivity index (χ4n) is 1.67. The third kappa shape index (κ3) is 3.63. The minimum atomic E-state index is -1.12. The molecule has 2 rings (SSSR count). The third-order valence-corrected chi connectivity index (χ3v) is 2.69. The molecule has 0 aliphatic rings. The Bertz CT molecular complexity index is 720. The highest BCUT2D eigenvalue weighted by Gasteiger charge is 2.12. The van der Waals surface area contributed by atoms with Crippen LogP contribution < -0.4 is 5.32 Å². The monoisotopic (exact) mass is 306 g/mol. The summed E-state index contributed by atoms with van der Waals surface area (Å²) in [7, 11) is 0. The molecule has 1 N–H and O–H groups in total. The van der Waals surface area contributed by atoms with Gasteiger partial charge in [-0.3, -0.25) is 4.79 Å². The lowest BCUT2D eigenvalue weighted by molar-refractivity contribution is 0.0526. The first-order valence-electron chi connectivity index (χ1n) is 6.41. The molecule has 7 heteroatoms. The zero-order valence-corrected chi connectivity index (χ0v) is 11.6. The summed E-state index contributed by atoms with van der Waals surface area (Å²) in [4.78, 5) is 27.4. The second-order valence-corrected chi connectivity index (χ2v) is 4.23. The van der Waals surface area contributed by atoms with E-state index in [9.17, 15) is 18.4 Å². The molecule has 0 atom stereocenters. The van der Waals surface area contributed by atoms with Gasteiger partial charge in [0.15, 0.2) is 11.6 Å². The summed E-state index contributed by atoms with van der Waals surface area (Å²) in [6, 6.07) is 5.54. The van der Waals surface area contributed by atoms with Gasteiger partial charge >= 0.3 is 5.97 Å². The number of ether oxygens (including phenoxy) is 1. The molecule has 0 aliphatic heterocycles. The lowest BCUT2D eigenvalue weighted by Crippen LogP contribution is -2.14. The number of carbonyl (C=O) groups is 2. The predicted molar refractivity (Wildman–Crippen MR) is 74.5 cm³/mol. The number of carbonyl (C=O) groups excluding carboxylic acids is 2. The summed E-state index contributed by atoms with van der Waals surface area (Å²) in [5, 5.41) is 2.40. The highest BCUT2D eigenvalue weighted by atomic mass is 19.2. The van der Waals surface area contributed by atoms with Crippen molar-refractivity contribution in [2.75, 3.05) is 11.9 Å². The molecule has 0 fully saturated rings. The SMILES string of the molecule is CCOC(=O)c1ccnc(NC(=O)c2ccc(F)c(F)c2)c1. The van der Waals surface area contributed by atoms with Gasteiger partial charge in [0.05, 0.1) is 12.2 Å². The number of rotatable bonds is 4. The van der Waals surface area contributed by atoms with Gasteiger partial charge in [0.1, 0.15) is 5.82 Å². The molecule has 1 aromatic heterocycles. The average molecular weight is 306 g/mol. The number of nitrogens with one attached hydrogen (secondary N) is 1. The van der Waals surface area contributed by atoms with Gasteiger partial charge in [-0.05, 0) is 37.3 Å². The minimum Gasteiger partial charge on any atom is -0.462 e. The first kappa shape index (κ1) is 15.6. The standard InChI is InChI=1S/C15H12F2N2O3/c1-2-22-15(21)10-5-6-18-13(8-10)19-14(20)9-3-4-11(16)12(17)7-9/h3-8H,2H2,1H3,(H,18,19,20). The average Bonchev–Trinajstić information content (AvgIpc) is 2.50. The molecule has 5 nitrogen and oxygen atoms in total. The number of esters is 1. The second-order valence-electron chi connectivity index (χ2n) is 4.23. The van der Waals surface area contributed by atoms with E-state index >= 15 is 0 Å². The number of amides is 1. The lowest BCUT2D eigenvalue weighted by Gasteiger charge is -2.06. The molecule has 1 heterocycles. The van der Waals surface area contributed by atoms with Crippen molar-refractivity contribution in [3.05, 3.63) is 59.3 Å². The first-order chi connectivity index (χ1) is 10.5. The Hall–Kier alpha value is -2.83. The number of anilines is 1. The highest BCUT2D eigenvalue weighted by molar-refractivity contribution is 6.04. The first-order valence-corrected chi connectivity index (χ1v) is 6.41. The Morgan fingerprint density at radius 1 is 1.14 bits per heavy atom. The summed E-state index contributed by atoms with van der Waals surface area (Å²) < 4.78 is 30.8. The number of aromatic nitrogens is 1. The van der Waals surface area contributed by atoms with Crippen molar-refractivity contribution in [2.45, 2.75) is 6.92 Å². The highest BCUT2D eigenvalue weighted by Crippen LogP contribution is 2.12. The Labute approximate surface area is 124 Å². The summed E-state index contributed by atoms with van der Waals surface area (Å²) >= 11 is 0. The van der Waals surface area contributed by atoms with E-state index in [0.29, 0.717) is 0 Å².